The van der Waals surface area contributed by atoms with Crippen LogP contribution in [0.3, 0.4) is 0 Å². The Hall–Kier alpha value is -1.69. The van der Waals surface area contributed by atoms with Crippen molar-refractivity contribution in [3.63, 3.8) is 0 Å². The summed E-state index contributed by atoms with van der Waals surface area (Å²) in [6.45, 7) is 0. The zero-order chi connectivity index (χ0) is 15.7. The molecule has 0 aliphatic heterocycles. The molecule has 0 spiro atoms. The minimum Gasteiger partial charge on any atom is -0.431 e. The fourth-order valence-electron chi connectivity index (χ4n) is 2.08. The van der Waals surface area contributed by atoms with Gasteiger partial charge in [0.25, 0.3) is 5.17 Å². The minimum atomic E-state index is 0.416. The van der Waals surface area contributed by atoms with Crippen LogP contribution in [0.25, 0.3) is 21.2 Å². The topological polar surface area (TPSA) is 25.4 Å². The molecule has 22 heavy (non-hydrogen) atoms. The SMILES string of the molecule is CN(C)C(=S)Oc1ccc2cnsc2c1-c1ccc(Cl)cc1. The highest BCUT2D eigenvalue weighted by Crippen LogP contribution is 2.39. The van der Waals surface area contributed by atoms with Crippen LogP contribution in [0.5, 0.6) is 5.75 Å². The Bertz CT molecular complexity index is 828. The Labute approximate surface area is 143 Å². The fraction of sp³-hybridized carbons (Fsp3) is 0.125. The number of ether oxygens (including phenoxy) is 1. The predicted octanol–water partition coefficient (Wildman–Crippen LogP) is 4.84. The molecule has 1 heterocycles. The van der Waals surface area contributed by atoms with Crippen LogP contribution in [-0.4, -0.2) is 28.5 Å². The molecule has 0 saturated heterocycles. The summed E-state index contributed by atoms with van der Waals surface area (Å²) in [5, 5.41) is 2.20. The smallest absolute Gasteiger partial charge is 0.264 e. The highest BCUT2D eigenvalue weighted by atomic mass is 35.5. The van der Waals surface area contributed by atoms with E-state index in [1.807, 2.05) is 56.7 Å². The van der Waals surface area contributed by atoms with E-state index in [9.17, 15) is 0 Å². The molecule has 112 valence electrons. The molecule has 2 aromatic carbocycles. The molecular formula is C16H13ClN2OS2. The molecule has 0 radical (unpaired) electrons. The minimum absolute atomic E-state index is 0.416. The van der Waals surface area contributed by atoms with Crippen molar-refractivity contribution in [2.45, 2.75) is 0 Å². The molecule has 0 aliphatic carbocycles. The van der Waals surface area contributed by atoms with Crippen LogP contribution in [0.15, 0.2) is 42.6 Å². The van der Waals surface area contributed by atoms with E-state index in [2.05, 4.69) is 4.37 Å². The Morgan fingerprint density at radius 1 is 1.18 bits per heavy atom. The van der Waals surface area contributed by atoms with Crippen LogP contribution >= 0.6 is 35.4 Å². The Kier molecular flexibility index (Phi) is 4.29. The summed E-state index contributed by atoms with van der Waals surface area (Å²) in [7, 11) is 3.71. The molecule has 6 heteroatoms. The Balaban J connectivity index is 2.17. The fourth-order valence-corrected chi connectivity index (χ4v) is 3.10. The van der Waals surface area contributed by atoms with E-state index in [-0.39, 0.29) is 0 Å². The highest BCUT2D eigenvalue weighted by Gasteiger charge is 2.15. The van der Waals surface area contributed by atoms with Gasteiger partial charge < -0.3 is 9.64 Å². The number of nitrogens with zero attached hydrogens (tertiary/aromatic N) is 2. The van der Waals surface area contributed by atoms with Gasteiger partial charge in [-0.3, -0.25) is 0 Å². The molecule has 3 rings (SSSR count). The number of benzene rings is 2. The third-order valence-electron chi connectivity index (χ3n) is 3.18. The number of hydrogen-bond donors (Lipinski definition) is 0. The first-order chi connectivity index (χ1) is 10.6. The second-order valence-electron chi connectivity index (χ2n) is 4.95. The molecule has 3 aromatic rings. The summed E-state index contributed by atoms with van der Waals surface area (Å²) in [4.78, 5) is 1.76. The standard InChI is InChI=1S/C16H13ClN2OS2/c1-19(2)16(21)20-13-8-5-11-9-18-22-15(11)14(13)10-3-6-12(17)7-4-10/h3-9H,1-2H3. The second-order valence-corrected chi connectivity index (χ2v) is 6.54. The lowest BCUT2D eigenvalue weighted by Gasteiger charge is -2.17. The van der Waals surface area contributed by atoms with Crippen molar-refractivity contribution in [3.05, 3.63) is 47.6 Å². The molecular weight excluding hydrogens is 336 g/mol. The first-order valence-corrected chi connectivity index (χ1v) is 8.14. The third-order valence-corrected chi connectivity index (χ3v) is 4.71. The number of rotatable bonds is 2. The number of aromatic nitrogens is 1. The lowest BCUT2D eigenvalue weighted by atomic mass is 10.0. The van der Waals surface area contributed by atoms with Gasteiger partial charge in [-0.15, -0.1) is 0 Å². The normalized spacial score (nSPS) is 10.7. The summed E-state index contributed by atoms with van der Waals surface area (Å²) in [6.07, 6.45) is 1.85. The molecule has 0 aliphatic rings. The van der Waals surface area contributed by atoms with Gasteiger partial charge in [0, 0.05) is 36.3 Å². The quantitative estimate of drug-likeness (QED) is 0.619. The molecule has 0 saturated carbocycles. The molecule has 0 amide bonds. The average Bonchev–Trinajstić information content (AvgIpc) is 2.96. The number of thiocarbonyl (C=S) groups is 1. The van der Waals surface area contributed by atoms with Gasteiger partial charge in [0.05, 0.1) is 4.70 Å². The lowest BCUT2D eigenvalue weighted by molar-refractivity contribution is 0.451. The van der Waals surface area contributed by atoms with Crippen LogP contribution in [0, 0.1) is 0 Å². The van der Waals surface area contributed by atoms with Crippen molar-refractivity contribution in [2.24, 2.45) is 0 Å². The first-order valence-electron chi connectivity index (χ1n) is 6.59. The molecule has 0 atom stereocenters. The molecule has 0 N–H and O–H groups in total. The van der Waals surface area contributed by atoms with Crippen LogP contribution in [0.4, 0.5) is 0 Å². The monoisotopic (exact) mass is 348 g/mol. The van der Waals surface area contributed by atoms with Gasteiger partial charge in [0.2, 0.25) is 0 Å². The van der Waals surface area contributed by atoms with Gasteiger partial charge in [-0.25, -0.2) is 0 Å². The van der Waals surface area contributed by atoms with Crippen molar-refractivity contribution < 1.29 is 4.74 Å². The van der Waals surface area contributed by atoms with Crippen molar-refractivity contribution in [1.82, 2.24) is 9.27 Å². The van der Waals surface area contributed by atoms with E-state index in [0.717, 1.165) is 27.0 Å². The van der Waals surface area contributed by atoms with Gasteiger partial charge in [0.1, 0.15) is 5.75 Å². The third kappa shape index (κ3) is 2.92. The average molecular weight is 349 g/mol. The number of hydrogen-bond acceptors (Lipinski definition) is 4. The van der Waals surface area contributed by atoms with E-state index in [4.69, 9.17) is 28.6 Å². The molecule has 0 unspecified atom stereocenters. The van der Waals surface area contributed by atoms with Gasteiger partial charge in [-0.1, -0.05) is 23.7 Å². The van der Waals surface area contributed by atoms with Crippen molar-refractivity contribution >= 4 is 50.6 Å². The van der Waals surface area contributed by atoms with Crippen LogP contribution < -0.4 is 4.74 Å². The lowest BCUT2D eigenvalue weighted by Crippen LogP contribution is -2.25. The molecule has 3 nitrogen and oxygen atoms in total. The maximum Gasteiger partial charge on any atom is 0.264 e. The van der Waals surface area contributed by atoms with Crippen LogP contribution in [-0.2, 0) is 0 Å². The van der Waals surface area contributed by atoms with Crippen molar-refractivity contribution in [3.8, 4) is 16.9 Å². The van der Waals surface area contributed by atoms with Gasteiger partial charge in [-0.2, -0.15) is 4.37 Å². The summed E-state index contributed by atoms with van der Waals surface area (Å²) in [5.74, 6) is 0.720. The predicted molar refractivity (Wildman–Crippen MR) is 97.0 cm³/mol. The van der Waals surface area contributed by atoms with E-state index < -0.39 is 0 Å². The molecule has 0 fully saturated rings. The van der Waals surface area contributed by atoms with Gasteiger partial charge in [0.15, 0.2) is 0 Å². The second kappa shape index (κ2) is 6.20. The molecule has 1 aromatic heterocycles. The summed E-state index contributed by atoms with van der Waals surface area (Å²) < 4.78 is 11.2. The maximum atomic E-state index is 5.99. The van der Waals surface area contributed by atoms with Gasteiger partial charge >= 0.3 is 0 Å². The van der Waals surface area contributed by atoms with Crippen molar-refractivity contribution in [1.29, 1.82) is 0 Å². The summed E-state index contributed by atoms with van der Waals surface area (Å²) in [6, 6.07) is 11.6. The molecule has 0 bridgehead atoms. The largest absolute Gasteiger partial charge is 0.431 e. The summed E-state index contributed by atoms with van der Waals surface area (Å²) >= 11 is 12.7. The zero-order valence-corrected chi connectivity index (χ0v) is 14.4. The highest BCUT2D eigenvalue weighted by molar-refractivity contribution is 7.80. The summed E-state index contributed by atoms with van der Waals surface area (Å²) in [5.41, 5.74) is 2.01. The van der Waals surface area contributed by atoms with E-state index in [0.29, 0.717) is 10.2 Å². The number of halogens is 1. The Morgan fingerprint density at radius 2 is 1.91 bits per heavy atom. The van der Waals surface area contributed by atoms with Crippen LogP contribution in [0.2, 0.25) is 5.02 Å². The van der Waals surface area contributed by atoms with Crippen molar-refractivity contribution in [2.75, 3.05) is 14.1 Å². The Morgan fingerprint density at radius 3 is 2.59 bits per heavy atom. The van der Waals surface area contributed by atoms with E-state index >= 15 is 0 Å². The van der Waals surface area contributed by atoms with E-state index in [1.54, 1.807) is 4.90 Å². The maximum absolute atomic E-state index is 5.99. The van der Waals surface area contributed by atoms with Crippen LogP contribution in [0.1, 0.15) is 0 Å². The van der Waals surface area contributed by atoms with E-state index in [1.165, 1.54) is 11.5 Å². The number of fused-ring (bicyclic) bond motifs is 1. The van der Waals surface area contributed by atoms with Gasteiger partial charge in [-0.05, 0) is 53.6 Å². The zero-order valence-electron chi connectivity index (χ0n) is 12.0. The first kappa shape index (κ1) is 15.2.